The van der Waals surface area contributed by atoms with E-state index in [0.29, 0.717) is 6.04 Å². The van der Waals surface area contributed by atoms with Crippen molar-refractivity contribution >= 4 is 17.3 Å². The molecule has 1 aromatic carbocycles. The number of hydrogen-bond donors (Lipinski definition) is 2. The largest absolute Gasteiger partial charge is 0.371 e. The van der Waals surface area contributed by atoms with Gasteiger partial charge in [0.05, 0.1) is 0 Å². The maximum Gasteiger partial charge on any atom is 0.246 e. The number of fused-ring (bicyclic) bond motifs is 1. The van der Waals surface area contributed by atoms with Gasteiger partial charge in [-0.2, -0.15) is 0 Å². The zero-order chi connectivity index (χ0) is 15.0. The third kappa shape index (κ3) is 2.63. The highest BCUT2D eigenvalue weighted by Gasteiger charge is 2.30. The predicted molar refractivity (Wildman–Crippen MR) is 85.8 cm³/mol. The van der Waals surface area contributed by atoms with Crippen LogP contribution in [0.2, 0.25) is 0 Å². The molecule has 2 heterocycles. The van der Waals surface area contributed by atoms with Crippen LogP contribution < -0.4 is 15.5 Å². The average Bonchev–Trinajstić information content (AvgIpc) is 2.81. The second kappa shape index (κ2) is 5.66. The molecule has 5 heteroatoms. The van der Waals surface area contributed by atoms with Gasteiger partial charge >= 0.3 is 0 Å². The normalized spacial score (nSPS) is 23.0. The minimum Gasteiger partial charge on any atom is -0.371 e. The summed E-state index contributed by atoms with van der Waals surface area (Å²) >= 11 is 0. The molecule has 0 saturated carbocycles. The van der Waals surface area contributed by atoms with Gasteiger partial charge in [-0.25, -0.2) is 0 Å². The van der Waals surface area contributed by atoms with Crippen LogP contribution in [0.3, 0.4) is 0 Å². The highest BCUT2D eigenvalue weighted by Crippen LogP contribution is 2.34. The Morgan fingerprint density at radius 2 is 2.05 bits per heavy atom. The minimum atomic E-state index is -0.220. The molecule has 0 aromatic heterocycles. The zero-order valence-electron chi connectivity index (χ0n) is 13.0. The number of carbonyl (C=O) groups is 1. The van der Waals surface area contributed by atoms with Gasteiger partial charge in [-0.05, 0) is 52.2 Å². The van der Waals surface area contributed by atoms with Gasteiger partial charge < -0.3 is 20.4 Å². The maximum atomic E-state index is 11.9. The summed E-state index contributed by atoms with van der Waals surface area (Å²) < 4.78 is 0. The van der Waals surface area contributed by atoms with E-state index in [1.807, 2.05) is 7.05 Å². The summed E-state index contributed by atoms with van der Waals surface area (Å²) in [7, 11) is 6.15. The monoisotopic (exact) mass is 288 g/mol. The van der Waals surface area contributed by atoms with E-state index in [1.165, 1.54) is 18.5 Å². The Balaban J connectivity index is 1.78. The fourth-order valence-electron chi connectivity index (χ4n) is 3.35. The number of nitrogens with zero attached hydrogens (tertiary/aromatic N) is 2. The molecule has 0 spiro atoms. The molecule has 1 amide bonds. The van der Waals surface area contributed by atoms with Crippen LogP contribution in [0.1, 0.15) is 24.4 Å². The third-order valence-electron chi connectivity index (χ3n) is 4.80. The SMILES string of the molecule is CNC1C(=O)Nc2cc(N(C)C3CCN(C)CC3)ccc21. The molecule has 2 N–H and O–H groups in total. The molecule has 21 heavy (non-hydrogen) atoms. The number of piperidine rings is 1. The maximum absolute atomic E-state index is 11.9. The smallest absolute Gasteiger partial charge is 0.246 e. The lowest BCUT2D eigenvalue weighted by Crippen LogP contribution is -2.42. The Morgan fingerprint density at radius 1 is 1.33 bits per heavy atom. The molecule has 2 aliphatic rings. The molecule has 114 valence electrons. The van der Waals surface area contributed by atoms with Crippen LogP contribution in [0, 0.1) is 0 Å². The Morgan fingerprint density at radius 3 is 2.71 bits per heavy atom. The van der Waals surface area contributed by atoms with E-state index >= 15 is 0 Å². The van der Waals surface area contributed by atoms with Gasteiger partial charge in [-0.1, -0.05) is 6.07 Å². The van der Waals surface area contributed by atoms with Gasteiger partial charge in [0.25, 0.3) is 0 Å². The van der Waals surface area contributed by atoms with Crippen LogP contribution in [-0.2, 0) is 4.79 Å². The lowest BCUT2D eigenvalue weighted by atomic mass is 10.0. The lowest BCUT2D eigenvalue weighted by Gasteiger charge is -2.36. The first-order chi connectivity index (χ1) is 10.1. The Labute approximate surface area is 126 Å². The fraction of sp³-hybridized carbons (Fsp3) is 0.562. The van der Waals surface area contributed by atoms with Gasteiger partial charge in [0, 0.05) is 30.0 Å². The summed E-state index contributed by atoms with van der Waals surface area (Å²) in [5.74, 6) is 0.0339. The van der Waals surface area contributed by atoms with E-state index in [1.54, 1.807) is 0 Å². The third-order valence-corrected chi connectivity index (χ3v) is 4.80. The van der Waals surface area contributed by atoms with E-state index in [2.05, 4.69) is 52.7 Å². The summed E-state index contributed by atoms with van der Waals surface area (Å²) in [6, 6.07) is 6.65. The first kappa shape index (κ1) is 14.4. The van der Waals surface area contributed by atoms with Crippen LogP contribution >= 0.6 is 0 Å². The summed E-state index contributed by atoms with van der Waals surface area (Å²) in [5, 5.41) is 6.02. The number of likely N-dealkylation sites (N-methyl/N-ethyl adjacent to an activating group) is 1. The number of anilines is 2. The minimum absolute atomic E-state index is 0.0339. The van der Waals surface area contributed by atoms with E-state index in [9.17, 15) is 4.79 Å². The van der Waals surface area contributed by atoms with E-state index < -0.39 is 0 Å². The number of nitrogens with one attached hydrogen (secondary N) is 2. The lowest BCUT2D eigenvalue weighted by molar-refractivity contribution is -0.117. The van der Waals surface area contributed by atoms with Crippen LogP contribution in [-0.4, -0.2) is 51.1 Å². The average molecular weight is 288 g/mol. The number of hydrogen-bond acceptors (Lipinski definition) is 4. The Kier molecular flexibility index (Phi) is 3.87. The van der Waals surface area contributed by atoms with Crippen LogP contribution in [0.25, 0.3) is 0 Å². The number of carbonyl (C=O) groups excluding carboxylic acids is 1. The first-order valence-corrected chi connectivity index (χ1v) is 7.63. The molecule has 5 nitrogen and oxygen atoms in total. The summed E-state index contributed by atoms with van der Waals surface area (Å²) in [5.41, 5.74) is 3.17. The van der Waals surface area contributed by atoms with Gasteiger partial charge in [-0.15, -0.1) is 0 Å². The van der Waals surface area contributed by atoms with Crippen molar-refractivity contribution < 1.29 is 4.79 Å². The molecule has 3 rings (SSSR count). The van der Waals surface area contributed by atoms with Crippen molar-refractivity contribution in [1.29, 1.82) is 0 Å². The molecular formula is C16H24N4O. The summed E-state index contributed by atoms with van der Waals surface area (Å²) in [6.07, 6.45) is 2.38. The van der Waals surface area contributed by atoms with E-state index in [0.717, 1.165) is 24.3 Å². The Bertz CT molecular complexity index is 537. The van der Waals surface area contributed by atoms with Crippen molar-refractivity contribution in [2.45, 2.75) is 24.9 Å². The molecular weight excluding hydrogens is 264 g/mol. The molecule has 0 aliphatic carbocycles. The molecule has 2 aliphatic heterocycles. The zero-order valence-corrected chi connectivity index (χ0v) is 13.0. The van der Waals surface area contributed by atoms with Crippen molar-refractivity contribution in [2.75, 3.05) is 44.4 Å². The first-order valence-electron chi connectivity index (χ1n) is 7.63. The topological polar surface area (TPSA) is 47.6 Å². The molecule has 1 saturated heterocycles. The van der Waals surface area contributed by atoms with Gasteiger partial charge in [0.1, 0.15) is 6.04 Å². The molecule has 1 unspecified atom stereocenters. The van der Waals surface area contributed by atoms with E-state index in [-0.39, 0.29) is 11.9 Å². The van der Waals surface area contributed by atoms with Crippen molar-refractivity contribution in [2.24, 2.45) is 0 Å². The number of amides is 1. The molecule has 0 radical (unpaired) electrons. The second-order valence-electron chi connectivity index (χ2n) is 6.13. The standard InChI is InChI=1S/C16H24N4O/c1-17-15-13-5-4-12(10-14(13)18-16(15)21)20(3)11-6-8-19(2)9-7-11/h4-5,10-11,15,17H,6-9H2,1-3H3,(H,18,21). The van der Waals surface area contributed by atoms with Crippen LogP contribution in [0.4, 0.5) is 11.4 Å². The fourth-order valence-corrected chi connectivity index (χ4v) is 3.35. The van der Waals surface area contributed by atoms with Gasteiger partial charge in [0.2, 0.25) is 5.91 Å². The molecule has 1 atom stereocenters. The van der Waals surface area contributed by atoms with Gasteiger partial charge in [0.15, 0.2) is 0 Å². The van der Waals surface area contributed by atoms with Crippen molar-refractivity contribution in [1.82, 2.24) is 10.2 Å². The van der Waals surface area contributed by atoms with Crippen molar-refractivity contribution in [3.63, 3.8) is 0 Å². The highest BCUT2D eigenvalue weighted by atomic mass is 16.2. The van der Waals surface area contributed by atoms with Gasteiger partial charge in [-0.3, -0.25) is 4.79 Å². The summed E-state index contributed by atoms with van der Waals surface area (Å²) in [6.45, 7) is 2.30. The van der Waals surface area contributed by atoms with Crippen LogP contribution in [0.15, 0.2) is 18.2 Å². The predicted octanol–water partition coefficient (Wildman–Crippen LogP) is 1.43. The molecule has 0 bridgehead atoms. The highest BCUT2D eigenvalue weighted by molar-refractivity contribution is 6.03. The molecule has 1 fully saturated rings. The quantitative estimate of drug-likeness (QED) is 0.883. The van der Waals surface area contributed by atoms with Crippen molar-refractivity contribution in [3.8, 4) is 0 Å². The number of rotatable bonds is 3. The number of benzene rings is 1. The second-order valence-corrected chi connectivity index (χ2v) is 6.13. The molecule has 1 aromatic rings. The Hall–Kier alpha value is -1.59. The van der Waals surface area contributed by atoms with Crippen LogP contribution in [0.5, 0.6) is 0 Å². The summed E-state index contributed by atoms with van der Waals surface area (Å²) in [4.78, 5) is 16.6. The number of likely N-dealkylation sites (tertiary alicyclic amines) is 1. The van der Waals surface area contributed by atoms with Crippen molar-refractivity contribution in [3.05, 3.63) is 23.8 Å². The van der Waals surface area contributed by atoms with E-state index in [4.69, 9.17) is 0 Å².